The number of carbonyl (C=O) groups excluding carboxylic acids is 2. The van der Waals surface area contributed by atoms with Gasteiger partial charge in [0.1, 0.15) is 0 Å². The quantitative estimate of drug-likeness (QED) is 0.386. The summed E-state index contributed by atoms with van der Waals surface area (Å²) in [6.07, 6.45) is 0.330. The SMILES string of the molecule is C=C1C(C(=O)N(C)C)C(SS(=O)(=O)c2ccc(C)cc2)CCN1C(C(=O)OC)c1ccccc1Cl. The van der Waals surface area contributed by atoms with E-state index in [0.717, 1.165) is 16.4 Å². The number of ether oxygens (including phenoxy) is 1. The van der Waals surface area contributed by atoms with Crippen LogP contribution in [0, 0.1) is 12.8 Å². The Labute approximate surface area is 215 Å². The van der Waals surface area contributed by atoms with Gasteiger partial charge in [0.2, 0.25) is 14.8 Å². The number of esters is 1. The fourth-order valence-corrected chi connectivity index (χ4v) is 8.10. The molecule has 0 aromatic heterocycles. The highest BCUT2D eigenvalue weighted by atomic mass is 35.5. The van der Waals surface area contributed by atoms with Gasteiger partial charge in [-0.25, -0.2) is 13.2 Å². The predicted octanol–water partition coefficient (Wildman–Crippen LogP) is 4.28. The van der Waals surface area contributed by atoms with Crippen molar-refractivity contribution >= 4 is 43.1 Å². The summed E-state index contributed by atoms with van der Waals surface area (Å²) in [5, 5.41) is -0.214. The summed E-state index contributed by atoms with van der Waals surface area (Å²) >= 11 is 6.41. The minimum atomic E-state index is -3.74. The van der Waals surface area contributed by atoms with Crippen LogP contribution < -0.4 is 0 Å². The summed E-state index contributed by atoms with van der Waals surface area (Å²) in [6, 6.07) is 12.6. The van der Waals surface area contributed by atoms with E-state index in [0.29, 0.717) is 29.2 Å². The zero-order valence-electron chi connectivity index (χ0n) is 20.1. The van der Waals surface area contributed by atoms with Gasteiger partial charge in [0, 0.05) is 42.2 Å². The number of benzene rings is 2. The van der Waals surface area contributed by atoms with Crippen molar-refractivity contribution in [2.24, 2.45) is 5.92 Å². The van der Waals surface area contributed by atoms with Crippen molar-refractivity contribution in [2.75, 3.05) is 27.7 Å². The van der Waals surface area contributed by atoms with E-state index in [2.05, 4.69) is 6.58 Å². The lowest BCUT2D eigenvalue weighted by Gasteiger charge is -2.44. The van der Waals surface area contributed by atoms with Crippen LogP contribution in [0.5, 0.6) is 0 Å². The summed E-state index contributed by atoms with van der Waals surface area (Å²) in [5.74, 6) is -1.70. The number of amides is 1. The molecule has 0 spiro atoms. The van der Waals surface area contributed by atoms with Gasteiger partial charge in [-0.1, -0.05) is 54.1 Å². The van der Waals surface area contributed by atoms with E-state index in [9.17, 15) is 18.0 Å². The van der Waals surface area contributed by atoms with Gasteiger partial charge in [0.15, 0.2) is 6.04 Å². The lowest BCUT2D eigenvalue weighted by Crippen LogP contribution is -2.49. The number of methoxy groups -OCH3 is 1. The normalized spacial score (nSPS) is 19.2. The van der Waals surface area contributed by atoms with Gasteiger partial charge >= 0.3 is 5.97 Å². The van der Waals surface area contributed by atoms with Gasteiger partial charge < -0.3 is 14.5 Å². The second-order valence-electron chi connectivity index (χ2n) is 8.53. The minimum absolute atomic E-state index is 0.181. The van der Waals surface area contributed by atoms with Crippen LogP contribution in [-0.2, 0) is 23.2 Å². The predicted molar refractivity (Wildman–Crippen MR) is 139 cm³/mol. The third-order valence-corrected chi connectivity index (χ3v) is 10.2. The van der Waals surface area contributed by atoms with Crippen molar-refractivity contribution in [3.05, 3.63) is 77.0 Å². The van der Waals surface area contributed by atoms with Gasteiger partial charge in [-0.3, -0.25) is 4.79 Å². The zero-order valence-corrected chi connectivity index (χ0v) is 22.5. The standard InChI is InChI=1S/C25H29ClN2O5S2/c1-16-10-12-18(13-11-16)35(31,32)34-21-14-15-28(17(2)22(21)24(29)27(3)4)23(25(30)33-5)19-8-6-7-9-20(19)26/h6-13,21-23H,2,14-15H2,1,3-5H3. The summed E-state index contributed by atoms with van der Waals surface area (Å²) < 4.78 is 31.5. The monoisotopic (exact) mass is 536 g/mol. The average Bonchev–Trinajstić information content (AvgIpc) is 2.81. The highest BCUT2D eigenvalue weighted by Gasteiger charge is 2.45. The molecule has 1 heterocycles. The van der Waals surface area contributed by atoms with Crippen LogP contribution in [0.3, 0.4) is 0 Å². The topological polar surface area (TPSA) is 84.0 Å². The van der Waals surface area contributed by atoms with Crippen molar-refractivity contribution in [3.63, 3.8) is 0 Å². The van der Waals surface area contributed by atoms with Crippen LogP contribution in [0.4, 0.5) is 0 Å². The minimum Gasteiger partial charge on any atom is -0.467 e. The molecular weight excluding hydrogens is 508 g/mol. The third kappa shape index (κ3) is 5.85. The van der Waals surface area contributed by atoms with Gasteiger partial charge in [-0.2, -0.15) is 0 Å². The lowest BCUT2D eigenvalue weighted by molar-refractivity contribution is -0.148. The van der Waals surface area contributed by atoms with Crippen LogP contribution in [0.15, 0.2) is 65.7 Å². The molecular formula is C25H29ClN2O5S2. The van der Waals surface area contributed by atoms with Crippen molar-refractivity contribution in [2.45, 2.75) is 29.5 Å². The molecule has 3 unspecified atom stereocenters. The van der Waals surface area contributed by atoms with Crippen LogP contribution >= 0.6 is 22.4 Å². The molecule has 2 aromatic rings. The lowest BCUT2D eigenvalue weighted by atomic mass is 9.90. The van der Waals surface area contributed by atoms with E-state index in [1.807, 2.05) is 6.92 Å². The highest BCUT2D eigenvalue weighted by Crippen LogP contribution is 2.43. The van der Waals surface area contributed by atoms with Gasteiger partial charge in [-0.05, 0) is 42.3 Å². The molecule has 0 N–H and O–H groups in total. The number of piperidine rings is 1. The Hall–Kier alpha value is -2.49. The highest BCUT2D eigenvalue weighted by molar-refractivity contribution is 8.72. The van der Waals surface area contributed by atoms with E-state index in [1.165, 1.54) is 12.0 Å². The fraction of sp³-hybridized carbons (Fsp3) is 0.360. The Balaban J connectivity index is 1.99. The van der Waals surface area contributed by atoms with Gasteiger partial charge in [0.05, 0.1) is 17.9 Å². The van der Waals surface area contributed by atoms with E-state index >= 15 is 0 Å². The number of hydrogen-bond donors (Lipinski definition) is 0. The van der Waals surface area contributed by atoms with E-state index in [-0.39, 0.29) is 10.8 Å². The second-order valence-corrected chi connectivity index (χ2v) is 13.0. The Morgan fingerprint density at radius 3 is 2.37 bits per heavy atom. The van der Waals surface area contributed by atoms with Crippen LogP contribution in [0.2, 0.25) is 5.02 Å². The molecule has 3 rings (SSSR count). The molecule has 0 radical (unpaired) electrons. The number of hydrogen-bond acceptors (Lipinski definition) is 7. The molecule has 188 valence electrons. The Morgan fingerprint density at radius 1 is 1.17 bits per heavy atom. The number of aryl methyl sites for hydroxylation is 1. The first-order valence-electron chi connectivity index (χ1n) is 11.0. The number of carbonyl (C=O) groups is 2. The maximum Gasteiger partial charge on any atom is 0.333 e. The summed E-state index contributed by atoms with van der Waals surface area (Å²) in [4.78, 5) is 29.5. The van der Waals surface area contributed by atoms with E-state index < -0.39 is 32.0 Å². The molecule has 0 bridgehead atoms. The maximum absolute atomic E-state index is 13.3. The molecule has 1 amide bonds. The molecule has 0 aliphatic carbocycles. The van der Waals surface area contributed by atoms with Crippen molar-refractivity contribution in [1.29, 1.82) is 0 Å². The van der Waals surface area contributed by atoms with Crippen molar-refractivity contribution < 1.29 is 22.7 Å². The van der Waals surface area contributed by atoms with Gasteiger partial charge in [-0.15, -0.1) is 0 Å². The summed E-state index contributed by atoms with van der Waals surface area (Å²) in [5.41, 5.74) is 1.82. The first kappa shape index (κ1) is 27.1. The second kappa shape index (κ2) is 11.1. The average molecular weight is 537 g/mol. The number of nitrogens with zero attached hydrogens (tertiary/aromatic N) is 2. The third-order valence-electron chi connectivity index (χ3n) is 5.96. The Morgan fingerprint density at radius 2 is 1.80 bits per heavy atom. The summed E-state index contributed by atoms with van der Waals surface area (Å²) in [6.45, 7) is 6.33. The van der Waals surface area contributed by atoms with E-state index in [1.54, 1.807) is 67.5 Å². The molecule has 35 heavy (non-hydrogen) atoms. The molecule has 1 aliphatic rings. The van der Waals surface area contributed by atoms with Crippen LogP contribution in [0.1, 0.15) is 23.6 Å². The molecule has 2 aromatic carbocycles. The Kier molecular flexibility index (Phi) is 8.56. The molecule has 1 saturated heterocycles. The zero-order chi connectivity index (χ0) is 25.9. The maximum atomic E-state index is 13.3. The Bertz CT molecular complexity index is 1210. The summed E-state index contributed by atoms with van der Waals surface area (Å²) in [7, 11) is 1.53. The van der Waals surface area contributed by atoms with Crippen molar-refractivity contribution in [3.8, 4) is 0 Å². The first-order valence-corrected chi connectivity index (χ1v) is 14.2. The smallest absolute Gasteiger partial charge is 0.333 e. The molecule has 0 saturated carbocycles. The molecule has 7 nitrogen and oxygen atoms in total. The first-order chi connectivity index (χ1) is 16.5. The van der Waals surface area contributed by atoms with Crippen molar-refractivity contribution in [1.82, 2.24) is 9.80 Å². The number of halogens is 1. The van der Waals surface area contributed by atoms with E-state index in [4.69, 9.17) is 16.3 Å². The molecule has 10 heteroatoms. The van der Waals surface area contributed by atoms with Gasteiger partial charge in [0.25, 0.3) is 0 Å². The fourth-order valence-electron chi connectivity index (χ4n) is 4.10. The van der Waals surface area contributed by atoms with Crippen LogP contribution in [-0.4, -0.2) is 63.1 Å². The molecule has 1 fully saturated rings. The largest absolute Gasteiger partial charge is 0.467 e. The molecule has 1 aliphatic heterocycles. The number of likely N-dealkylation sites (tertiary alicyclic amines) is 1. The number of rotatable bonds is 7. The van der Waals surface area contributed by atoms with Crippen LogP contribution in [0.25, 0.3) is 0 Å². The molecule has 3 atom stereocenters.